The van der Waals surface area contributed by atoms with Crippen LogP contribution in [-0.2, 0) is 19.1 Å². The van der Waals surface area contributed by atoms with Crippen molar-refractivity contribution < 1.29 is 19.1 Å². The van der Waals surface area contributed by atoms with Crippen LogP contribution in [0.2, 0.25) is 0 Å². The van der Waals surface area contributed by atoms with Gasteiger partial charge in [-0.3, -0.25) is 4.79 Å². The molecule has 2 rings (SSSR count). The molecule has 0 aromatic carbocycles. The monoisotopic (exact) mass is 240 g/mol. The number of rotatable bonds is 6. The summed E-state index contributed by atoms with van der Waals surface area (Å²) in [6.07, 6.45) is 5.57. The minimum absolute atomic E-state index is 0.0503. The Morgan fingerprint density at radius 3 is 2.82 bits per heavy atom. The molecule has 0 spiro atoms. The van der Waals surface area contributed by atoms with Crippen LogP contribution < -0.4 is 0 Å². The zero-order chi connectivity index (χ0) is 12.3. The zero-order valence-corrected chi connectivity index (χ0v) is 10.3. The molecule has 2 aliphatic rings. The van der Waals surface area contributed by atoms with E-state index in [1.807, 2.05) is 0 Å². The summed E-state index contributed by atoms with van der Waals surface area (Å²) in [6, 6.07) is 0. The van der Waals surface area contributed by atoms with Crippen LogP contribution in [0.3, 0.4) is 0 Å². The van der Waals surface area contributed by atoms with Crippen molar-refractivity contribution in [3.05, 3.63) is 0 Å². The summed E-state index contributed by atoms with van der Waals surface area (Å²) < 4.78 is 10.8. The van der Waals surface area contributed by atoms with Gasteiger partial charge in [-0.15, -0.1) is 0 Å². The van der Waals surface area contributed by atoms with Gasteiger partial charge in [-0.1, -0.05) is 19.8 Å². The van der Waals surface area contributed by atoms with E-state index >= 15 is 0 Å². The summed E-state index contributed by atoms with van der Waals surface area (Å²) in [5.41, 5.74) is 0. The van der Waals surface area contributed by atoms with Crippen LogP contribution in [0.1, 0.15) is 39.0 Å². The molecular formula is C13H20O4. The molecule has 4 atom stereocenters. The average Bonchev–Trinajstić information content (AvgIpc) is 2.93. The Labute approximate surface area is 102 Å². The Kier molecular flexibility index (Phi) is 4.15. The average molecular weight is 240 g/mol. The molecule has 2 heterocycles. The topological polar surface area (TPSA) is 52.6 Å². The fourth-order valence-corrected chi connectivity index (χ4v) is 2.82. The van der Waals surface area contributed by atoms with Gasteiger partial charge < -0.3 is 14.3 Å². The van der Waals surface area contributed by atoms with Crippen molar-refractivity contribution in [3.8, 4) is 0 Å². The van der Waals surface area contributed by atoms with Gasteiger partial charge in [-0.2, -0.15) is 0 Å². The lowest BCUT2D eigenvalue weighted by Gasteiger charge is -2.22. The van der Waals surface area contributed by atoms with Gasteiger partial charge in [0.05, 0.1) is 30.7 Å². The predicted octanol–water partition coefficient (Wildman–Crippen LogP) is 1.71. The van der Waals surface area contributed by atoms with Gasteiger partial charge in [0.1, 0.15) is 6.29 Å². The number of hydrogen-bond donors (Lipinski definition) is 0. The molecule has 4 unspecified atom stereocenters. The molecule has 2 bridgehead atoms. The van der Waals surface area contributed by atoms with Crippen LogP contribution >= 0.6 is 0 Å². The molecule has 0 radical (unpaired) electrons. The summed E-state index contributed by atoms with van der Waals surface area (Å²) in [5.74, 6) is -0.884. The van der Waals surface area contributed by atoms with Crippen LogP contribution in [-0.4, -0.2) is 31.1 Å². The Hall–Kier alpha value is -0.900. The highest BCUT2D eigenvalue weighted by Gasteiger charge is 2.52. The molecule has 96 valence electrons. The molecule has 2 aliphatic heterocycles. The smallest absolute Gasteiger partial charge is 0.312 e. The molecule has 0 amide bonds. The van der Waals surface area contributed by atoms with Crippen molar-refractivity contribution in [2.45, 2.75) is 51.2 Å². The number of fused-ring (bicyclic) bond motifs is 2. The molecule has 0 aromatic rings. The van der Waals surface area contributed by atoms with Crippen molar-refractivity contribution in [2.75, 3.05) is 6.61 Å². The minimum Gasteiger partial charge on any atom is -0.465 e. The van der Waals surface area contributed by atoms with E-state index < -0.39 is 0 Å². The maximum absolute atomic E-state index is 11.9. The van der Waals surface area contributed by atoms with Gasteiger partial charge in [0, 0.05) is 0 Å². The van der Waals surface area contributed by atoms with E-state index in [1.54, 1.807) is 0 Å². The maximum Gasteiger partial charge on any atom is 0.312 e. The van der Waals surface area contributed by atoms with E-state index in [0.717, 1.165) is 38.4 Å². The summed E-state index contributed by atoms with van der Waals surface area (Å²) in [5, 5.41) is 0. The molecule has 0 N–H and O–H groups in total. The van der Waals surface area contributed by atoms with E-state index in [2.05, 4.69) is 6.92 Å². The first-order valence-corrected chi connectivity index (χ1v) is 6.55. The second kappa shape index (κ2) is 5.63. The van der Waals surface area contributed by atoms with Gasteiger partial charge in [0.2, 0.25) is 0 Å². The molecular weight excluding hydrogens is 220 g/mol. The quantitative estimate of drug-likeness (QED) is 0.403. The first-order chi connectivity index (χ1) is 8.27. The standard InChI is InChI=1S/C13H20O4/c1-2-3-4-7-16-13(15)12-9(8-14)10-5-6-11(12)17-10/h8-12H,2-7H2,1H3. The molecule has 0 aliphatic carbocycles. The fraction of sp³-hybridized carbons (Fsp3) is 0.846. The molecule has 4 heteroatoms. The Balaban J connectivity index is 1.84. The van der Waals surface area contributed by atoms with E-state index in [1.165, 1.54) is 0 Å². The van der Waals surface area contributed by atoms with Crippen LogP contribution in [0.4, 0.5) is 0 Å². The first kappa shape index (κ1) is 12.6. The molecule has 0 aromatic heterocycles. The van der Waals surface area contributed by atoms with Gasteiger partial charge in [-0.25, -0.2) is 0 Å². The van der Waals surface area contributed by atoms with Crippen molar-refractivity contribution >= 4 is 12.3 Å². The zero-order valence-electron chi connectivity index (χ0n) is 10.3. The largest absolute Gasteiger partial charge is 0.465 e. The van der Waals surface area contributed by atoms with Gasteiger partial charge in [-0.05, 0) is 19.3 Å². The van der Waals surface area contributed by atoms with Crippen molar-refractivity contribution in [2.24, 2.45) is 11.8 Å². The van der Waals surface area contributed by atoms with Crippen molar-refractivity contribution in [1.82, 2.24) is 0 Å². The van der Waals surface area contributed by atoms with E-state index in [9.17, 15) is 9.59 Å². The summed E-state index contributed by atoms with van der Waals surface area (Å²) >= 11 is 0. The third-order valence-electron chi connectivity index (χ3n) is 3.75. The molecule has 2 fully saturated rings. The van der Waals surface area contributed by atoms with E-state index in [0.29, 0.717) is 6.61 Å². The van der Waals surface area contributed by atoms with Crippen molar-refractivity contribution in [1.29, 1.82) is 0 Å². The van der Waals surface area contributed by atoms with Crippen LogP contribution in [0.15, 0.2) is 0 Å². The van der Waals surface area contributed by atoms with Crippen LogP contribution in [0, 0.1) is 11.8 Å². The second-order valence-electron chi connectivity index (χ2n) is 4.90. The second-order valence-corrected chi connectivity index (χ2v) is 4.90. The molecule has 0 saturated carbocycles. The number of aldehydes is 1. The SMILES string of the molecule is CCCCCOC(=O)C1C2CCC(O2)C1C=O. The maximum atomic E-state index is 11.9. The predicted molar refractivity (Wildman–Crippen MR) is 61.4 cm³/mol. The third kappa shape index (κ3) is 2.51. The number of hydrogen-bond acceptors (Lipinski definition) is 4. The number of carbonyl (C=O) groups is 2. The Morgan fingerprint density at radius 1 is 1.35 bits per heavy atom. The number of ether oxygens (including phenoxy) is 2. The van der Waals surface area contributed by atoms with Crippen LogP contribution in [0.25, 0.3) is 0 Å². The van der Waals surface area contributed by atoms with Crippen molar-refractivity contribution in [3.63, 3.8) is 0 Å². The highest BCUT2D eigenvalue weighted by molar-refractivity contribution is 5.78. The Bertz CT molecular complexity index is 289. The van der Waals surface area contributed by atoms with Gasteiger partial charge in [0.15, 0.2) is 0 Å². The first-order valence-electron chi connectivity index (χ1n) is 6.55. The van der Waals surface area contributed by atoms with E-state index in [-0.39, 0.29) is 30.0 Å². The summed E-state index contributed by atoms with van der Waals surface area (Å²) in [6.45, 7) is 2.57. The molecule has 4 nitrogen and oxygen atoms in total. The number of esters is 1. The lowest BCUT2D eigenvalue weighted by molar-refractivity contribution is -0.152. The summed E-state index contributed by atoms with van der Waals surface area (Å²) in [4.78, 5) is 22.9. The highest BCUT2D eigenvalue weighted by atomic mass is 16.5. The van der Waals surface area contributed by atoms with Gasteiger partial charge in [0.25, 0.3) is 0 Å². The van der Waals surface area contributed by atoms with Crippen LogP contribution in [0.5, 0.6) is 0 Å². The third-order valence-corrected chi connectivity index (χ3v) is 3.75. The minimum atomic E-state index is -0.354. The van der Waals surface area contributed by atoms with Gasteiger partial charge >= 0.3 is 5.97 Å². The number of carbonyl (C=O) groups excluding carboxylic acids is 2. The van der Waals surface area contributed by atoms with E-state index in [4.69, 9.17) is 9.47 Å². The number of unbranched alkanes of at least 4 members (excludes halogenated alkanes) is 2. The lowest BCUT2D eigenvalue weighted by atomic mass is 9.80. The highest BCUT2D eigenvalue weighted by Crippen LogP contribution is 2.42. The Morgan fingerprint density at radius 2 is 2.12 bits per heavy atom. The lowest BCUT2D eigenvalue weighted by Crippen LogP contribution is -2.35. The fourth-order valence-electron chi connectivity index (χ4n) is 2.82. The normalized spacial score (nSPS) is 34.9. The molecule has 2 saturated heterocycles. The summed E-state index contributed by atoms with van der Waals surface area (Å²) in [7, 11) is 0. The molecule has 17 heavy (non-hydrogen) atoms.